The van der Waals surface area contributed by atoms with E-state index in [4.69, 9.17) is 0 Å². The molecular weight excluding hydrogens is 238 g/mol. The zero-order valence-electron chi connectivity index (χ0n) is 11.2. The molecule has 1 aromatic heterocycles. The summed E-state index contributed by atoms with van der Waals surface area (Å²) in [6.07, 6.45) is 2.79. The van der Waals surface area contributed by atoms with E-state index in [1.807, 2.05) is 29.2 Å². The number of fused-ring (bicyclic) bond motifs is 1. The molecule has 1 aliphatic rings. The molecule has 0 spiro atoms. The van der Waals surface area contributed by atoms with Crippen LogP contribution in [-0.4, -0.2) is 33.9 Å². The Balaban J connectivity index is 1.78. The molecule has 1 fully saturated rings. The van der Waals surface area contributed by atoms with Crippen molar-refractivity contribution in [3.8, 4) is 0 Å². The molecule has 1 saturated heterocycles. The van der Waals surface area contributed by atoms with Crippen LogP contribution in [0.15, 0.2) is 24.3 Å². The molecule has 0 bridgehead atoms. The molecule has 1 N–H and O–H groups in total. The molecule has 4 heteroatoms. The van der Waals surface area contributed by atoms with Crippen LogP contribution in [-0.2, 0) is 4.79 Å². The highest BCUT2D eigenvalue weighted by Crippen LogP contribution is 2.27. The number of H-pyrrole nitrogens is 1. The lowest BCUT2D eigenvalue weighted by Gasteiger charge is -2.15. The SMILES string of the molecule is CCCCN1C[C@H](c2nc3ccccc3[nH]2)CC1=O. The van der Waals surface area contributed by atoms with Gasteiger partial charge in [-0.15, -0.1) is 0 Å². The summed E-state index contributed by atoms with van der Waals surface area (Å²) < 4.78 is 0. The molecule has 0 radical (unpaired) electrons. The van der Waals surface area contributed by atoms with E-state index in [2.05, 4.69) is 16.9 Å². The molecule has 4 nitrogen and oxygen atoms in total. The van der Waals surface area contributed by atoms with E-state index in [9.17, 15) is 4.79 Å². The second-order valence-corrected chi connectivity index (χ2v) is 5.23. The Bertz CT molecular complexity index is 557. The normalized spacial score (nSPS) is 19.5. The quantitative estimate of drug-likeness (QED) is 0.915. The Labute approximate surface area is 112 Å². The molecule has 1 amide bonds. The molecular formula is C15H19N3O. The van der Waals surface area contributed by atoms with Gasteiger partial charge >= 0.3 is 0 Å². The third kappa shape index (κ3) is 2.35. The highest BCUT2D eigenvalue weighted by Gasteiger charge is 2.31. The van der Waals surface area contributed by atoms with E-state index >= 15 is 0 Å². The number of carbonyl (C=O) groups is 1. The van der Waals surface area contributed by atoms with Crippen LogP contribution in [0.1, 0.15) is 37.9 Å². The lowest BCUT2D eigenvalue weighted by atomic mass is 10.1. The Hall–Kier alpha value is -1.84. The number of amides is 1. The second-order valence-electron chi connectivity index (χ2n) is 5.23. The van der Waals surface area contributed by atoms with Crippen molar-refractivity contribution in [2.45, 2.75) is 32.1 Å². The number of imidazole rings is 1. The van der Waals surface area contributed by atoms with Crippen LogP contribution >= 0.6 is 0 Å². The van der Waals surface area contributed by atoms with Crippen molar-refractivity contribution in [2.24, 2.45) is 0 Å². The molecule has 1 aliphatic heterocycles. The van der Waals surface area contributed by atoms with E-state index in [1.165, 1.54) is 0 Å². The van der Waals surface area contributed by atoms with Gasteiger partial charge in [-0.25, -0.2) is 4.98 Å². The predicted molar refractivity (Wildman–Crippen MR) is 74.9 cm³/mol. The molecule has 0 saturated carbocycles. The summed E-state index contributed by atoms with van der Waals surface area (Å²) in [6.45, 7) is 3.84. The lowest BCUT2D eigenvalue weighted by molar-refractivity contribution is -0.127. The largest absolute Gasteiger partial charge is 0.342 e. The Morgan fingerprint density at radius 2 is 2.26 bits per heavy atom. The van der Waals surface area contributed by atoms with Gasteiger partial charge < -0.3 is 9.88 Å². The van der Waals surface area contributed by atoms with Crippen LogP contribution in [0, 0.1) is 0 Å². The monoisotopic (exact) mass is 257 g/mol. The van der Waals surface area contributed by atoms with E-state index in [-0.39, 0.29) is 11.8 Å². The van der Waals surface area contributed by atoms with E-state index < -0.39 is 0 Å². The highest BCUT2D eigenvalue weighted by molar-refractivity contribution is 5.80. The minimum absolute atomic E-state index is 0.219. The molecule has 0 aliphatic carbocycles. The fourth-order valence-corrected chi connectivity index (χ4v) is 2.69. The number of benzene rings is 1. The smallest absolute Gasteiger partial charge is 0.223 e. The van der Waals surface area contributed by atoms with Crippen LogP contribution in [0.4, 0.5) is 0 Å². The van der Waals surface area contributed by atoms with Crippen molar-refractivity contribution in [3.63, 3.8) is 0 Å². The third-order valence-electron chi connectivity index (χ3n) is 3.79. The summed E-state index contributed by atoms with van der Waals surface area (Å²) in [5, 5.41) is 0. The number of likely N-dealkylation sites (tertiary alicyclic amines) is 1. The number of nitrogens with one attached hydrogen (secondary N) is 1. The summed E-state index contributed by atoms with van der Waals surface area (Å²) in [7, 11) is 0. The van der Waals surface area contributed by atoms with Gasteiger partial charge in [-0.2, -0.15) is 0 Å². The molecule has 100 valence electrons. The standard InChI is InChI=1S/C15H19N3O/c1-2-3-8-18-10-11(9-14(18)19)15-16-12-6-4-5-7-13(12)17-15/h4-7,11H,2-3,8-10H2,1H3,(H,16,17)/t11-/m1/s1. The molecule has 2 aromatic rings. The maximum Gasteiger partial charge on any atom is 0.223 e. The average Bonchev–Trinajstić information content (AvgIpc) is 2.99. The molecule has 1 aromatic carbocycles. The summed E-state index contributed by atoms with van der Waals surface area (Å²) in [6, 6.07) is 8.01. The first-order valence-corrected chi connectivity index (χ1v) is 7.00. The number of para-hydroxylation sites is 2. The number of carbonyl (C=O) groups excluding carboxylic acids is 1. The van der Waals surface area contributed by atoms with E-state index in [1.54, 1.807) is 0 Å². The van der Waals surface area contributed by atoms with Crippen LogP contribution in [0.5, 0.6) is 0 Å². The number of aromatic nitrogens is 2. The zero-order valence-corrected chi connectivity index (χ0v) is 11.2. The molecule has 1 atom stereocenters. The van der Waals surface area contributed by atoms with E-state index in [0.717, 1.165) is 42.8 Å². The van der Waals surface area contributed by atoms with Crippen molar-refractivity contribution in [1.82, 2.24) is 14.9 Å². The van der Waals surface area contributed by atoms with Gasteiger partial charge in [0.15, 0.2) is 0 Å². The van der Waals surface area contributed by atoms with Crippen molar-refractivity contribution in [1.29, 1.82) is 0 Å². The molecule has 3 rings (SSSR count). The summed E-state index contributed by atoms with van der Waals surface area (Å²) >= 11 is 0. The first-order valence-electron chi connectivity index (χ1n) is 7.00. The van der Waals surface area contributed by atoms with Crippen molar-refractivity contribution < 1.29 is 4.79 Å². The second kappa shape index (κ2) is 5.03. The minimum atomic E-state index is 0.219. The summed E-state index contributed by atoms with van der Waals surface area (Å²) in [5.41, 5.74) is 2.04. The van der Waals surface area contributed by atoms with Gasteiger partial charge in [-0.05, 0) is 18.6 Å². The van der Waals surface area contributed by atoms with Crippen LogP contribution in [0.25, 0.3) is 11.0 Å². The minimum Gasteiger partial charge on any atom is -0.342 e. The van der Waals surface area contributed by atoms with Gasteiger partial charge in [0.1, 0.15) is 5.82 Å². The number of hydrogen-bond acceptors (Lipinski definition) is 2. The topological polar surface area (TPSA) is 49.0 Å². The van der Waals surface area contributed by atoms with Crippen LogP contribution in [0.3, 0.4) is 0 Å². The Morgan fingerprint density at radius 3 is 3.05 bits per heavy atom. The fraction of sp³-hybridized carbons (Fsp3) is 0.467. The summed E-state index contributed by atoms with van der Waals surface area (Å²) in [4.78, 5) is 21.9. The number of unbranched alkanes of at least 4 members (excludes halogenated alkanes) is 1. The highest BCUT2D eigenvalue weighted by atomic mass is 16.2. The van der Waals surface area contributed by atoms with Gasteiger partial charge in [0.05, 0.1) is 11.0 Å². The fourth-order valence-electron chi connectivity index (χ4n) is 2.69. The first-order chi connectivity index (χ1) is 9.28. The van der Waals surface area contributed by atoms with Gasteiger partial charge in [0, 0.05) is 25.4 Å². The maximum atomic E-state index is 12.0. The van der Waals surface area contributed by atoms with Gasteiger partial charge in [0.2, 0.25) is 5.91 Å². The van der Waals surface area contributed by atoms with Gasteiger partial charge in [0.25, 0.3) is 0 Å². The molecule has 0 unspecified atom stereocenters. The third-order valence-corrected chi connectivity index (χ3v) is 3.79. The Morgan fingerprint density at radius 1 is 1.42 bits per heavy atom. The van der Waals surface area contributed by atoms with Gasteiger partial charge in [-0.1, -0.05) is 25.5 Å². The van der Waals surface area contributed by atoms with Crippen LogP contribution in [0.2, 0.25) is 0 Å². The van der Waals surface area contributed by atoms with Crippen LogP contribution < -0.4 is 0 Å². The number of aromatic amines is 1. The number of rotatable bonds is 4. The number of nitrogens with zero attached hydrogens (tertiary/aromatic N) is 2. The average molecular weight is 257 g/mol. The lowest BCUT2D eigenvalue weighted by Crippen LogP contribution is -2.26. The van der Waals surface area contributed by atoms with Crippen molar-refractivity contribution in [3.05, 3.63) is 30.1 Å². The maximum absolute atomic E-state index is 12.0. The van der Waals surface area contributed by atoms with Crippen molar-refractivity contribution >= 4 is 16.9 Å². The number of hydrogen-bond donors (Lipinski definition) is 1. The first kappa shape index (κ1) is 12.2. The summed E-state index contributed by atoms with van der Waals surface area (Å²) in [5.74, 6) is 1.43. The predicted octanol–water partition coefficient (Wildman–Crippen LogP) is 2.68. The zero-order chi connectivity index (χ0) is 13.2. The molecule has 2 heterocycles. The van der Waals surface area contributed by atoms with Crippen molar-refractivity contribution in [2.75, 3.05) is 13.1 Å². The molecule has 19 heavy (non-hydrogen) atoms. The Kier molecular flexibility index (Phi) is 3.23. The van der Waals surface area contributed by atoms with E-state index in [0.29, 0.717) is 6.42 Å². The van der Waals surface area contributed by atoms with Gasteiger partial charge in [-0.3, -0.25) is 4.79 Å².